The number of hydrogen-bond acceptors (Lipinski definition) is 5. The second kappa shape index (κ2) is 14.7. The van der Waals surface area contributed by atoms with Crippen molar-refractivity contribution in [3.8, 4) is 0 Å². The van der Waals surface area contributed by atoms with Gasteiger partial charge in [0.25, 0.3) is 5.91 Å². The average molecular weight is 567 g/mol. The van der Waals surface area contributed by atoms with Crippen LogP contribution in [0.1, 0.15) is 89.1 Å². The molecular formula is C32H46N4O5. The molecule has 0 heterocycles. The Bertz CT molecular complexity index is 1200. The number of amides is 4. The number of carbonyl (C=O) groups is 4. The zero-order chi connectivity index (χ0) is 30.9. The van der Waals surface area contributed by atoms with Gasteiger partial charge >= 0.3 is 6.09 Å². The summed E-state index contributed by atoms with van der Waals surface area (Å²) in [5.74, 6) is -1.50. The summed E-state index contributed by atoms with van der Waals surface area (Å²) in [4.78, 5) is 54.4. The Balaban J connectivity index is 2.62. The van der Waals surface area contributed by atoms with Crippen LogP contribution >= 0.6 is 0 Å². The van der Waals surface area contributed by atoms with E-state index in [1.807, 2.05) is 77.1 Å². The Hall–Kier alpha value is -3.88. The number of rotatable bonds is 12. The highest BCUT2D eigenvalue weighted by atomic mass is 16.6. The van der Waals surface area contributed by atoms with Crippen molar-refractivity contribution in [1.82, 2.24) is 10.2 Å². The topological polar surface area (TPSA) is 131 Å². The quantitative estimate of drug-likeness (QED) is 0.320. The van der Waals surface area contributed by atoms with Crippen LogP contribution in [0.5, 0.6) is 0 Å². The molecule has 0 spiro atoms. The molecule has 2 rings (SSSR count). The molecule has 224 valence electrons. The minimum Gasteiger partial charge on any atom is -0.444 e. The predicted molar refractivity (Wildman–Crippen MR) is 161 cm³/mol. The van der Waals surface area contributed by atoms with E-state index in [0.717, 1.165) is 23.1 Å². The zero-order valence-corrected chi connectivity index (χ0v) is 25.7. The number of primary amides is 1. The molecule has 3 atom stereocenters. The number of nitrogens with one attached hydrogen (secondary N) is 2. The maximum absolute atomic E-state index is 14.3. The molecule has 0 saturated carbocycles. The summed E-state index contributed by atoms with van der Waals surface area (Å²) in [6.07, 6.45) is 0.391. The molecule has 3 unspecified atom stereocenters. The van der Waals surface area contributed by atoms with E-state index in [-0.39, 0.29) is 18.7 Å². The van der Waals surface area contributed by atoms with Gasteiger partial charge in [-0.25, -0.2) is 4.79 Å². The monoisotopic (exact) mass is 566 g/mol. The molecule has 0 aliphatic rings. The molecule has 4 N–H and O–H groups in total. The van der Waals surface area contributed by atoms with Crippen LogP contribution in [0.4, 0.5) is 10.5 Å². The van der Waals surface area contributed by atoms with Crippen LogP contribution in [0.25, 0.3) is 0 Å². The number of nitrogens with zero attached hydrogens (tertiary/aromatic N) is 1. The van der Waals surface area contributed by atoms with Crippen molar-refractivity contribution in [2.45, 2.75) is 105 Å². The molecule has 2 aromatic carbocycles. The number of nitrogens with two attached hydrogens (primary N) is 1. The largest absolute Gasteiger partial charge is 0.444 e. The lowest BCUT2D eigenvalue weighted by Crippen LogP contribution is -2.55. The van der Waals surface area contributed by atoms with Crippen molar-refractivity contribution in [1.29, 1.82) is 0 Å². The van der Waals surface area contributed by atoms with Crippen molar-refractivity contribution in [2.24, 2.45) is 5.73 Å². The number of para-hydroxylation sites is 1. The second-order valence-electron chi connectivity index (χ2n) is 11.5. The fourth-order valence-electron chi connectivity index (χ4n) is 4.55. The summed E-state index contributed by atoms with van der Waals surface area (Å²) in [7, 11) is 0. The molecule has 4 amide bonds. The molecule has 2 aromatic rings. The van der Waals surface area contributed by atoms with Crippen LogP contribution < -0.4 is 16.4 Å². The summed E-state index contributed by atoms with van der Waals surface area (Å²) in [5, 5.41) is 5.69. The van der Waals surface area contributed by atoms with Crippen molar-refractivity contribution in [2.75, 3.05) is 5.32 Å². The van der Waals surface area contributed by atoms with Crippen LogP contribution in [0, 0.1) is 13.8 Å². The Labute approximate surface area is 244 Å². The van der Waals surface area contributed by atoms with E-state index < -0.39 is 41.6 Å². The van der Waals surface area contributed by atoms with Crippen LogP contribution in [-0.4, -0.2) is 46.4 Å². The van der Waals surface area contributed by atoms with Crippen LogP contribution in [-0.2, 0) is 25.5 Å². The maximum atomic E-state index is 14.3. The summed E-state index contributed by atoms with van der Waals surface area (Å²) < 4.78 is 5.40. The van der Waals surface area contributed by atoms with Gasteiger partial charge in [-0.2, -0.15) is 0 Å². The highest BCUT2D eigenvalue weighted by Gasteiger charge is 2.38. The van der Waals surface area contributed by atoms with Crippen molar-refractivity contribution < 1.29 is 23.9 Å². The highest BCUT2D eigenvalue weighted by Crippen LogP contribution is 2.30. The first-order valence-electron chi connectivity index (χ1n) is 14.2. The molecular weight excluding hydrogens is 520 g/mol. The maximum Gasteiger partial charge on any atom is 0.408 e. The van der Waals surface area contributed by atoms with E-state index in [4.69, 9.17) is 10.5 Å². The standard InChI is InChI=1S/C32H46N4O5/c1-9-22(5)36(30(39)25(18-19-26(33)37)34-31(40)41-32(6,7)8)28(24-16-14-23(10-2)15-17-24)29(38)35-27-20(3)12-11-13-21(27)4/h11-17,22,25,28H,9-10,18-19H2,1-8H3,(H2,33,37)(H,34,40)(H,35,38). The van der Waals surface area contributed by atoms with Gasteiger partial charge in [0.1, 0.15) is 17.7 Å². The molecule has 0 fully saturated rings. The molecule has 0 saturated heterocycles. The Morgan fingerprint density at radius 2 is 1.56 bits per heavy atom. The van der Waals surface area contributed by atoms with Gasteiger partial charge in [0.15, 0.2) is 0 Å². The summed E-state index contributed by atoms with van der Waals surface area (Å²) in [6, 6.07) is 10.8. The number of alkyl carbamates (subject to hydrolysis) is 1. The predicted octanol–water partition coefficient (Wildman–Crippen LogP) is 5.33. The molecule has 0 bridgehead atoms. The van der Waals surface area contributed by atoms with Crippen molar-refractivity contribution in [3.63, 3.8) is 0 Å². The average Bonchev–Trinajstić information content (AvgIpc) is 2.89. The number of aryl methyl sites for hydroxylation is 3. The minimum atomic E-state index is -1.14. The first-order valence-corrected chi connectivity index (χ1v) is 14.2. The SMILES string of the molecule is CCc1ccc(C(C(=O)Nc2c(C)cccc2C)N(C(=O)C(CCC(N)=O)NC(=O)OC(C)(C)C)C(C)CC)cc1. The first kappa shape index (κ1) is 33.3. The van der Waals surface area contributed by atoms with Gasteiger partial charge in [0, 0.05) is 18.2 Å². The number of anilines is 1. The van der Waals surface area contributed by atoms with E-state index >= 15 is 0 Å². The van der Waals surface area contributed by atoms with Crippen LogP contribution in [0.15, 0.2) is 42.5 Å². The Morgan fingerprint density at radius 1 is 0.976 bits per heavy atom. The lowest BCUT2D eigenvalue weighted by molar-refractivity contribution is -0.143. The molecule has 0 aliphatic heterocycles. The van der Waals surface area contributed by atoms with Gasteiger partial charge in [-0.15, -0.1) is 0 Å². The Kier molecular flexibility index (Phi) is 11.9. The lowest BCUT2D eigenvalue weighted by Gasteiger charge is -2.38. The third-order valence-electron chi connectivity index (χ3n) is 6.95. The summed E-state index contributed by atoms with van der Waals surface area (Å²) >= 11 is 0. The van der Waals surface area contributed by atoms with Gasteiger partial charge in [0.2, 0.25) is 11.8 Å². The number of hydrogen-bond donors (Lipinski definition) is 3. The van der Waals surface area contributed by atoms with Gasteiger partial charge in [-0.05, 0) is 83.1 Å². The molecule has 0 radical (unpaired) electrons. The summed E-state index contributed by atoms with van der Waals surface area (Å²) in [6.45, 7) is 14.8. The fraction of sp³-hybridized carbons (Fsp3) is 0.500. The summed E-state index contributed by atoms with van der Waals surface area (Å²) in [5.41, 5.74) is 8.80. The van der Waals surface area contributed by atoms with E-state index in [1.165, 1.54) is 4.90 Å². The van der Waals surface area contributed by atoms with Crippen LogP contribution in [0.3, 0.4) is 0 Å². The minimum absolute atomic E-state index is 0.0413. The van der Waals surface area contributed by atoms with E-state index in [0.29, 0.717) is 17.7 Å². The number of benzene rings is 2. The second-order valence-corrected chi connectivity index (χ2v) is 11.5. The lowest BCUT2D eigenvalue weighted by atomic mass is 9.97. The highest BCUT2D eigenvalue weighted by molar-refractivity contribution is 6.00. The molecule has 9 nitrogen and oxygen atoms in total. The third kappa shape index (κ3) is 9.62. The molecule has 0 aromatic heterocycles. The van der Waals surface area contributed by atoms with E-state index in [2.05, 4.69) is 10.6 Å². The van der Waals surface area contributed by atoms with E-state index in [9.17, 15) is 19.2 Å². The third-order valence-corrected chi connectivity index (χ3v) is 6.95. The molecule has 9 heteroatoms. The zero-order valence-electron chi connectivity index (χ0n) is 25.7. The van der Waals surface area contributed by atoms with Crippen LogP contribution in [0.2, 0.25) is 0 Å². The Morgan fingerprint density at radius 3 is 2.05 bits per heavy atom. The first-order chi connectivity index (χ1) is 19.2. The fourth-order valence-corrected chi connectivity index (χ4v) is 4.55. The van der Waals surface area contributed by atoms with Crippen molar-refractivity contribution >= 4 is 29.5 Å². The number of ether oxygens (including phenoxy) is 1. The molecule has 41 heavy (non-hydrogen) atoms. The normalized spacial score (nSPS) is 13.5. The van der Waals surface area contributed by atoms with Crippen molar-refractivity contribution in [3.05, 3.63) is 64.7 Å². The smallest absolute Gasteiger partial charge is 0.408 e. The van der Waals surface area contributed by atoms with E-state index in [1.54, 1.807) is 20.8 Å². The van der Waals surface area contributed by atoms with Gasteiger partial charge in [-0.3, -0.25) is 14.4 Å². The van der Waals surface area contributed by atoms with Gasteiger partial charge in [-0.1, -0.05) is 56.3 Å². The van der Waals surface area contributed by atoms with Gasteiger partial charge < -0.3 is 26.0 Å². The molecule has 0 aliphatic carbocycles. The van der Waals surface area contributed by atoms with Gasteiger partial charge in [0.05, 0.1) is 0 Å². The number of carbonyl (C=O) groups excluding carboxylic acids is 4.